The third-order valence-corrected chi connectivity index (χ3v) is 2.78. The van der Waals surface area contributed by atoms with Crippen LogP contribution < -0.4 is 4.74 Å². The molecular weight excluding hydrogens is 216 g/mol. The second-order valence-electron chi connectivity index (χ2n) is 3.55. The highest BCUT2D eigenvalue weighted by atomic mass is 32.1. The van der Waals surface area contributed by atoms with Gasteiger partial charge in [-0.2, -0.15) is 12.6 Å². The fourth-order valence-corrected chi connectivity index (χ4v) is 1.71. The monoisotopic (exact) mass is 230 g/mol. The molecule has 0 bridgehead atoms. The second kappa shape index (κ2) is 5.61. The van der Waals surface area contributed by atoms with Crippen LogP contribution in [0.4, 0.5) is 0 Å². The highest BCUT2D eigenvalue weighted by Crippen LogP contribution is 2.21. The van der Waals surface area contributed by atoms with Gasteiger partial charge in [0.1, 0.15) is 12.4 Å². The predicted octanol–water partition coefficient (Wildman–Crippen LogP) is 3.74. The van der Waals surface area contributed by atoms with Crippen molar-refractivity contribution < 1.29 is 4.74 Å². The highest BCUT2D eigenvalue weighted by molar-refractivity contribution is 7.80. The van der Waals surface area contributed by atoms with Crippen LogP contribution in [0.25, 0.3) is 0 Å². The summed E-state index contributed by atoms with van der Waals surface area (Å²) in [6.07, 6.45) is 0. The molecule has 1 unspecified atom stereocenters. The topological polar surface area (TPSA) is 9.23 Å². The van der Waals surface area contributed by atoms with Crippen molar-refractivity contribution in [3.8, 4) is 5.75 Å². The zero-order chi connectivity index (χ0) is 11.2. The molecule has 0 aliphatic rings. The zero-order valence-corrected chi connectivity index (χ0v) is 9.81. The second-order valence-corrected chi connectivity index (χ2v) is 4.17. The van der Waals surface area contributed by atoms with Gasteiger partial charge < -0.3 is 4.74 Å². The van der Waals surface area contributed by atoms with E-state index in [-0.39, 0.29) is 5.25 Å². The average molecular weight is 230 g/mol. The maximum Gasteiger partial charge on any atom is 0.119 e. The van der Waals surface area contributed by atoms with Crippen molar-refractivity contribution in [3.05, 3.63) is 66.2 Å². The van der Waals surface area contributed by atoms with E-state index in [1.807, 2.05) is 48.5 Å². The molecule has 0 N–H and O–H groups in total. The fourth-order valence-electron chi connectivity index (χ4n) is 1.46. The number of benzene rings is 2. The van der Waals surface area contributed by atoms with E-state index in [4.69, 9.17) is 4.74 Å². The largest absolute Gasteiger partial charge is 0.492 e. The number of ether oxygens (including phenoxy) is 1. The average Bonchev–Trinajstić information content (AvgIpc) is 2.38. The van der Waals surface area contributed by atoms with E-state index in [1.165, 1.54) is 5.56 Å². The summed E-state index contributed by atoms with van der Waals surface area (Å²) in [6, 6.07) is 20.0. The minimum absolute atomic E-state index is 0.112. The molecule has 0 heterocycles. The Balaban J connectivity index is 1.92. The van der Waals surface area contributed by atoms with E-state index in [0.29, 0.717) is 6.61 Å². The van der Waals surface area contributed by atoms with Crippen molar-refractivity contribution in [1.29, 1.82) is 0 Å². The summed E-state index contributed by atoms with van der Waals surface area (Å²) in [5.74, 6) is 0.887. The Morgan fingerprint density at radius 1 is 0.875 bits per heavy atom. The normalized spacial score (nSPS) is 12.1. The number of thiol groups is 1. The third-order valence-electron chi connectivity index (χ3n) is 2.34. The van der Waals surface area contributed by atoms with E-state index in [2.05, 4.69) is 24.8 Å². The van der Waals surface area contributed by atoms with Crippen molar-refractivity contribution in [2.45, 2.75) is 5.25 Å². The zero-order valence-electron chi connectivity index (χ0n) is 8.91. The lowest BCUT2D eigenvalue weighted by atomic mass is 10.1. The van der Waals surface area contributed by atoms with E-state index in [1.54, 1.807) is 0 Å². The number of para-hydroxylation sites is 1. The molecule has 2 heteroatoms. The van der Waals surface area contributed by atoms with Crippen molar-refractivity contribution in [2.24, 2.45) is 0 Å². The molecule has 82 valence electrons. The van der Waals surface area contributed by atoms with Gasteiger partial charge in [-0.05, 0) is 17.7 Å². The Hall–Kier alpha value is -1.41. The van der Waals surface area contributed by atoms with Gasteiger partial charge in [-0.1, -0.05) is 48.5 Å². The van der Waals surface area contributed by atoms with Gasteiger partial charge in [0.15, 0.2) is 0 Å². The van der Waals surface area contributed by atoms with Crippen LogP contribution in [0.5, 0.6) is 5.75 Å². The van der Waals surface area contributed by atoms with Gasteiger partial charge in [0.2, 0.25) is 0 Å². The van der Waals surface area contributed by atoms with Crippen LogP contribution in [0.15, 0.2) is 60.7 Å². The van der Waals surface area contributed by atoms with E-state index < -0.39 is 0 Å². The van der Waals surface area contributed by atoms with Crippen LogP contribution in [-0.2, 0) is 0 Å². The molecule has 0 saturated heterocycles. The van der Waals surface area contributed by atoms with Crippen LogP contribution in [-0.4, -0.2) is 6.61 Å². The van der Waals surface area contributed by atoms with Crippen LogP contribution in [0.3, 0.4) is 0 Å². The highest BCUT2D eigenvalue weighted by Gasteiger charge is 2.06. The molecule has 0 aliphatic carbocycles. The molecule has 1 nitrogen and oxygen atoms in total. The van der Waals surface area contributed by atoms with E-state index in [0.717, 1.165) is 5.75 Å². The summed E-state index contributed by atoms with van der Waals surface area (Å²) in [4.78, 5) is 0. The SMILES string of the molecule is SC(COc1ccccc1)c1ccccc1. The fraction of sp³-hybridized carbons (Fsp3) is 0.143. The van der Waals surface area contributed by atoms with Gasteiger partial charge >= 0.3 is 0 Å². The smallest absolute Gasteiger partial charge is 0.119 e. The molecule has 0 fully saturated rings. The maximum atomic E-state index is 5.65. The molecule has 16 heavy (non-hydrogen) atoms. The molecule has 0 radical (unpaired) electrons. The van der Waals surface area contributed by atoms with Crippen LogP contribution in [0.1, 0.15) is 10.8 Å². The summed E-state index contributed by atoms with van der Waals surface area (Å²) in [6.45, 7) is 0.580. The van der Waals surface area contributed by atoms with Gasteiger partial charge in [-0.3, -0.25) is 0 Å². The Labute approximate surface area is 101 Å². The molecule has 2 aromatic carbocycles. The van der Waals surface area contributed by atoms with Crippen molar-refractivity contribution >= 4 is 12.6 Å². The number of hydrogen-bond donors (Lipinski definition) is 1. The minimum atomic E-state index is 0.112. The van der Waals surface area contributed by atoms with Gasteiger partial charge in [-0.15, -0.1) is 0 Å². The standard InChI is InChI=1S/C14H14OS/c16-14(12-7-3-1-4-8-12)11-15-13-9-5-2-6-10-13/h1-10,14,16H,11H2. The Morgan fingerprint density at radius 3 is 2.06 bits per heavy atom. The van der Waals surface area contributed by atoms with Crippen molar-refractivity contribution in [2.75, 3.05) is 6.61 Å². The lowest BCUT2D eigenvalue weighted by Gasteiger charge is -2.12. The molecule has 2 rings (SSSR count). The first-order chi connectivity index (χ1) is 7.86. The Morgan fingerprint density at radius 2 is 1.44 bits per heavy atom. The minimum Gasteiger partial charge on any atom is -0.492 e. The van der Waals surface area contributed by atoms with Crippen LogP contribution in [0, 0.1) is 0 Å². The molecule has 0 aliphatic heterocycles. The van der Waals surface area contributed by atoms with E-state index >= 15 is 0 Å². The van der Waals surface area contributed by atoms with Gasteiger partial charge in [0.25, 0.3) is 0 Å². The van der Waals surface area contributed by atoms with Gasteiger partial charge in [0, 0.05) is 0 Å². The predicted molar refractivity (Wildman–Crippen MR) is 70.1 cm³/mol. The quantitative estimate of drug-likeness (QED) is 0.787. The van der Waals surface area contributed by atoms with Gasteiger partial charge in [0.05, 0.1) is 5.25 Å². The first kappa shape index (κ1) is 11.1. The van der Waals surface area contributed by atoms with Crippen LogP contribution in [0.2, 0.25) is 0 Å². The number of hydrogen-bond acceptors (Lipinski definition) is 2. The molecule has 0 aromatic heterocycles. The first-order valence-corrected chi connectivity index (χ1v) is 5.79. The van der Waals surface area contributed by atoms with Crippen molar-refractivity contribution in [1.82, 2.24) is 0 Å². The summed E-state index contributed by atoms with van der Waals surface area (Å²) in [5.41, 5.74) is 1.18. The van der Waals surface area contributed by atoms with E-state index in [9.17, 15) is 0 Å². The summed E-state index contributed by atoms with van der Waals surface area (Å²) < 4.78 is 5.65. The lowest BCUT2D eigenvalue weighted by molar-refractivity contribution is 0.319. The Bertz CT molecular complexity index is 413. The molecule has 0 amide bonds. The molecule has 0 spiro atoms. The Kier molecular flexibility index (Phi) is 3.89. The maximum absolute atomic E-state index is 5.65. The molecule has 2 aromatic rings. The first-order valence-electron chi connectivity index (χ1n) is 5.27. The third kappa shape index (κ3) is 3.04. The molecular formula is C14H14OS. The van der Waals surface area contributed by atoms with Crippen LogP contribution >= 0.6 is 12.6 Å². The summed E-state index contributed by atoms with van der Waals surface area (Å²) in [5, 5.41) is 0.112. The number of rotatable bonds is 4. The van der Waals surface area contributed by atoms with Crippen molar-refractivity contribution in [3.63, 3.8) is 0 Å². The summed E-state index contributed by atoms with van der Waals surface area (Å²) in [7, 11) is 0. The molecule has 1 atom stereocenters. The molecule has 0 saturated carbocycles. The summed E-state index contributed by atoms with van der Waals surface area (Å²) >= 11 is 4.52. The lowest BCUT2D eigenvalue weighted by Crippen LogP contribution is -2.04. The van der Waals surface area contributed by atoms with Gasteiger partial charge in [-0.25, -0.2) is 0 Å².